The highest BCUT2D eigenvalue weighted by molar-refractivity contribution is 5.92. The maximum Gasteiger partial charge on any atom is 0.271 e. The van der Waals surface area contributed by atoms with Gasteiger partial charge in [-0.25, -0.2) is 0 Å². The maximum atomic E-state index is 12.3. The molecule has 2 unspecified atom stereocenters. The number of hydrogen-bond acceptors (Lipinski definition) is 4. The Bertz CT molecular complexity index is 711. The number of hydrogen-bond donors (Lipinski definition) is 2. The molecule has 1 aliphatic heterocycles. The van der Waals surface area contributed by atoms with Gasteiger partial charge in [-0.1, -0.05) is 19.1 Å². The molecule has 1 aromatic carbocycles. The number of benzene rings is 1. The van der Waals surface area contributed by atoms with Crippen molar-refractivity contribution in [1.29, 1.82) is 0 Å². The second kappa shape index (κ2) is 10.3. The van der Waals surface area contributed by atoms with Crippen molar-refractivity contribution < 1.29 is 9.53 Å². The van der Waals surface area contributed by atoms with E-state index in [2.05, 4.69) is 34.8 Å². The lowest BCUT2D eigenvalue weighted by molar-refractivity contribution is 0.0946. The average Bonchev–Trinajstić information content (AvgIpc) is 3.19. The Hall–Kier alpha value is -2.05. The Morgan fingerprint density at radius 3 is 2.81 bits per heavy atom. The Labute approximate surface area is 167 Å². The molecule has 0 radical (unpaired) electrons. The standard InChI is InChI=1S/C20H28N4O2.ClH/c1-15(16-5-7-18(26-2)8-6-16)9-12-22-20(25)19-10-13-24(23-19)17-4-3-11-21-14-17;/h5-8,10,13,15,17,21H,3-4,9,11-12,14H2,1-2H3,(H,22,25);1H. The van der Waals surface area contributed by atoms with Crippen molar-refractivity contribution in [3.05, 3.63) is 47.8 Å². The number of aromatic nitrogens is 2. The van der Waals surface area contributed by atoms with Crippen molar-refractivity contribution in [3.63, 3.8) is 0 Å². The van der Waals surface area contributed by atoms with E-state index in [1.807, 2.05) is 23.0 Å². The number of amides is 1. The Morgan fingerprint density at radius 1 is 1.37 bits per heavy atom. The van der Waals surface area contributed by atoms with Crippen molar-refractivity contribution in [2.24, 2.45) is 0 Å². The molecule has 1 aliphatic rings. The third-order valence-electron chi connectivity index (χ3n) is 5.03. The van der Waals surface area contributed by atoms with Crippen LogP contribution in [-0.2, 0) is 0 Å². The fourth-order valence-electron chi connectivity index (χ4n) is 3.31. The summed E-state index contributed by atoms with van der Waals surface area (Å²) in [5.41, 5.74) is 1.74. The fourth-order valence-corrected chi connectivity index (χ4v) is 3.31. The smallest absolute Gasteiger partial charge is 0.271 e. The van der Waals surface area contributed by atoms with Crippen molar-refractivity contribution in [1.82, 2.24) is 20.4 Å². The van der Waals surface area contributed by atoms with Crippen LogP contribution in [0.3, 0.4) is 0 Å². The molecule has 3 rings (SSSR count). The van der Waals surface area contributed by atoms with Gasteiger partial charge in [0.05, 0.1) is 13.2 Å². The van der Waals surface area contributed by atoms with E-state index in [1.165, 1.54) is 5.56 Å². The average molecular weight is 393 g/mol. The van der Waals surface area contributed by atoms with Crippen molar-refractivity contribution in [3.8, 4) is 5.75 Å². The molecule has 2 heterocycles. The molecule has 2 aromatic rings. The van der Waals surface area contributed by atoms with Crippen LogP contribution in [0.2, 0.25) is 0 Å². The molecule has 148 valence electrons. The zero-order valence-electron chi connectivity index (χ0n) is 16.0. The predicted molar refractivity (Wildman–Crippen MR) is 109 cm³/mol. The molecular weight excluding hydrogens is 364 g/mol. The number of halogens is 1. The van der Waals surface area contributed by atoms with Gasteiger partial charge in [0.15, 0.2) is 0 Å². The minimum absolute atomic E-state index is 0. The highest BCUT2D eigenvalue weighted by atomic mass is 35.5. The number of ether oxygens (including phenoxy) is 1. The topological polar surface area (TPSA) is 68.2 Å². The number of carbonyl (C=O) groups excluding carboxylic acids is 1. The number of nitrogens with one attached hydrogen (secondary N) is 2. The van der Waals surface area contributed by atoms with Gasteiger partial charge >= 0.3 is 0 Å². The summed E-state index contributed by atoms with van der Waals surface area (Å²) in [6.07, 6.45) is 5.04. The summed E-state index contributed by atoms with van der Waals surface area (Å²) in [7, 11) is 1.67. The lowest BCUT2D eigenvalue weighted by atomic mass is 9.98. The SMILES string of the molecule is COc1ccc(C(C)CCNC(=O)c2ccn(C3CCCNC3)n2)cc1.Cl. The lowest BCUT2D eigenvalue weighted by Crippen LogP contribution is -2.32. The van der Waals surface area contributed by atoms with Gasteiger partial charge in [-0.15, -0.1) is 12.4 Å². The number of carbonyl (C=O) groups is 1. The lowest BCUT2D eigenvalue weighted by Gasteiger charge is -2.22. The van der Waals surface area contributed by atoms with Gasteiger partial charge in [-0.05, 0) is 55.5 Å². The van der Waals surface area contributed by atoms with Crippen molar-refractivity contribution in [2.75, 3.05) is 26.7 Å². The normalized spacial score (nSPS) is 17.6. The van der Waals surface area contributed by atoms with E-state index in [9.17, 15) is 4.79 Å². The first kappa shape index (κ1) is 21.3. The molecule has 2 N–H and O–H groups in total. The number of nitrogens with zero attached hydrogens (tertiary/aromatic N) is 2. The first-order valence-corrected chi connectivity index (χ1v) is 9.35. The van der Waals surface area contributed by atoms with Gasteiger partial charge in [0, 0.05) is 19.3 Å². The number of methoxy groups -OCH3 is 1. The van der Waals surface area contributed by atoms with Gasteiger partial charge in [-0.2, -0.15) is 5.10 Å². The largest absolute Gasteiger partial charge is 0.497 e. The van der Waals surface area contributed by atoms with Gasteiger partial charge < -0.3 is 15.4 Å². The van der Waals surface area contributed by atoms with E-state index in [4.69, 9.17) is 4.74 Å². The monoisotopic (exact) mass is 392 g/mol. The first-order chi connectivity index (χ1) is 12.7. The van der Waals surface area contributed by atoms with Crippen LogP contribution in [0.15, 0.2) is 36.5 Å². The summed E-state index contributed by atoms with van der Waals surface area (Å²) in [5.74, 6) is 1.12. The van der Waals surface area contributed by atoms with Crippen LogP contribution in [0.25, 0.3) is 0 Å². The maximum absolute atomic E-state index is 12.3. The first-order valence-electron chi connectivity index (χ1n) is 9.35. The highest BCUT2D eigenvalue weighted by Gasteiger charge is 2.17. The van der Waals surface area contributed by atoms with Crippen molar-refractivity contribution >= 4 is 18.3 Å². The Kier molecular flexibility index (Phi) is 8.13. The van der Waals surface area contributed by atoms with Crippen LogP contribution < -0.4 is 15.4 Å². The molecule has 2 atom stereocenters. The van der Waals surface area contributed by atoms with E-state index < -0.39 is 0 Å². The summed E-state index contributed by atoms with van der Waals surface area (Å²) in [5, 5.41) is 10.8. The number of piperidine rings is 1. The van der Waals surface area contributed by atoms with E-state index in [-0.39, 0.29) is 18.3 Å². The van der Waals surface area contributed by atoms with Gasteiger partial charge in [-0.3, -0.25) is 9.48 Å². The Balaban J connectivity index is 0.00000261. The van der Waals surface area contributed by atoms with Crippen LogP contribution in [-0.4, -0.2) is 42.4 Å². The van der Waals surface area contributed by atoms with Crippen LogP contribution in [0.4, 0.5) is 0 Å². The van der Waals surface area contributed by atoms with Crippen molar-refractivity contribution in [2.45, 2.75) is 38.1 Å². The van der Waals surface area contributed by atoms with Crippen LogP contribution in [0, 0.1) is 0 Å². The summed E-state index contributed by atoms with van der Waals surface area (Å²) in [6, 6.07) is 10.2. The summed E-state index contributed by atoms with van der Waals surface area (Å²) < 4.78 is 7.10. The molecule has 0 aliphatic carbocycles. The third-order valence-corrected chi connectivity index (χ3v) is 5.03. The quantitative estimate of drug-likeness (QED) is 0.759. The molecule has 0 bridgehead atoms. The van der Waals surface area contributed by atoms with E-state index in [1.54, 1.807) is 13.2 Å². The van der Waals surface area contributed by atoms with Gasteiger partial charge in [0.25, 0.3) is 5.91 Å². The zero-order valence-corrected chi connectivity index (χ0v) is 16.8. The molecule has 1 fully saturated rings. The molecule has 27 heavy (non-hydrogen) atoms. The Morgan fingerprint density at radius 2 is 2.15 bits per heavy atom. The summed E-state index contributed by atoms with van der Waals surface area (Å²) in [6.45, 7) is 4.78. The van der Waals surface area contributed by atoms with E-state index in [0.717, 1.165) is 38.1 Å². The molecular formula is C20H29ClN4O2. The second-order valence-corrected chi connectivity index (χ2v) is 6.90. The second-order valence-electron chi connectivity index (χ2n) is 6.90. The van der Waals surface area contributed by atoms with Gasteiger partial charge in [0.2, 0.25) is 0 Å². The molecule has 1 amide bonds. The summed E-state index contributed by atoms with van der Waals surface area (Å²) in [4.78, 5) is 12.3. The van der Waals surface area contributed by atoms with Gasteiger partial charge in [0.1, 0.15) is 11.4 Å². The molecule has 6 nitrogen and oxygen atoms in total. The highest BCUT2D eigenvalue weighted by Crippen LogP contribution is 2.21. The summed E-state index contributed by atoms with van der Waals surface area (Å²) >= 11 is 0. The minimum atomic E-state index is -0.102. The molecule has 0 saturated carbocycles. The molecule has 1 saturated heterocycles. The van der Waals surface area contributed by atoms with Crippen LogP contribution >= 0.6 is 12.4 Å². The number of rotatable bonds is 7. The molecule has 1 aromatic heterocycles. The van der Waals surface area contributed by atoms with E-state index >= 15 is 0 Å². The molecule has 7 heteroatoms. The third kappa shape index (κ3) is 5.71. The fraction of sp³-hybridized carbons (Fsp3) is 0.500. The van der Waals surface area contributed by atoms with Crippen LogP contribution in [0.1, 0.15) is 54.2 Å². The molecule has 0 spiro atoms. The van der Waals surface area contributed by atoms with E-state index in [0.29, 0.717) is 24.2 Å². The van der Waals surface area contributed by atoms with Crippen LogP contribution in [0.5, 0.6) is 5.75 Å². The minimum Gasteiger partial charge on any atom is -0.497 e. The zero-order chi connectivity index (χ0) is 18.4. The predicted octanol–water partition coefficient (Wildman–Crippen LogP) is 3.16.